The predicted molar refractivity (Wildman–Crippen MR) is 83.4 cm³/mol. The standard InChI is InChI=1S/C18H14N2O2/c1-13-16(12-11-15-9-6-10-17(19-15)21-2)18(20-22-13)14-7-4-3-5-8-14/h3-10H,1-2H3. The Hall–Kier alpha value is -3.06. The van der Waals surface area contributed by atoms with Crippen molar-refractivity contribution < 1.29 is 9.26 Å². The van der Waals surface area contributed by atoms with Crippen molar-refractivity contribution in [3.8, 4) is 29.0 Å². The highest BCUT2D eigenvalue weighted by Gasteiger charge is 2.12. The molecule has 0 N–H and O–H groups in total. The minimum atomic E-state index is 0.539. The van der Waals surface area contributed by atoms with E-state index in [1.54, 1.807) is 13.2 Å². The first-order chi connectivity index (χ1) is 10.8. The summed E-state index contributed by atoms with van der Waals surface area (Å²) in [5, 5.41) is 4.11. The van der Waals surface area contributed by atoms with Gasteiger partial charge in [-0.1, -0.05) is 47.5 Å². The van der Waals surface area contributed by atoms with Crippen LogP contribution >= 0.6 is 0 Å². The molecular weight excluding hydrogens is 276 g/mol. The number of pyridine rings is 1. The van der Waals surface area contributed by atoms with Gasteiger partial charge in [0.25, 0.3) is 0 Å². The number of hydrogen-bond donors (Lipinski definition) is 0. The lowest BCUT2D eigenvalue weighted by molar-refractivity contribution is 0.397. The van der Waals surface area contributed by atoms with E-state index >= 15 is 0 Å². The third-order valence-electron chi connectivity index (χ3n) is 3.16. The van der Waals surface area contributed by atoms with E-state index in [1.807, 2.05) is 49.4 Å². The highest BCUT2D eigenvalue weighted by molar-refractivity contribution is 5.68. The van der Waals surface area contributed by atoms with Crippen molar-refractivity contribution in [2.24, 2.45) is 0 Å². The molecular formula is C18H14N2O2. The Morgan fingerprint density at radius 1 is 1.00 bits per heavy atom. The van der Waals surface area contributed by atoms with Gasteiger partial charge in [0.05, 0.1) is 12.7 Å². The van der Waals surface area contributed by atoms with Crippen LogP contribution in [0.15, 0.2) is 53.1 Å². The zero-order valence-electron chi connectivity index (χ0n) is 12.3. The van der Waals surface area contributed by atoms with Crippen LogP contribution in [0.5, 0.6) is 5.88 Å². The van der Waals surface area contributed by atoms with Crippen molar-refractivity contribution >= 4 is 0 Å². The number of ether oxygens (including phenoxy) is 1. The van der Waals surface area contributed by atoms with Crippen molar-refractivity contribution in [2.45, 2.75) is 6.92 Å². The fourth-order valence-corrected chi connectivity index (χ4v) is 2.04. The molecule has 0 amide bonds. The fraction of sp³-hybridized carbons (Fsp3) is 0.111. The SMILES string of the molecule is COc1cccc(C#Cc2c(-c3ccccc3)noc2C)n1. The van der Waals surface area contributed by atoms with Gasteiger partial charge in [-0.2, -0.15) is 0 Å². The summed E-state index contributed by atoms with van der Waals surface area (Å²) in [6, 6.07) is 15.3. The van der Waals surface area contributed by atoms with Gasteiger partial charge in [-0.15, -0.1) is 0 Å². The smallest absolute Gasteiger partial charge is 0.214 e. The van der Waals surface area contributed by atoms with E-state index in [1.165, 1.54) is 0 Å². The Morgan fingerprint density at radius 3 is 2.59 bits per heavy atom. The first kappa shape index (κ1) is 13.9. The van der Waals surface area contributed by atoms with Crippen molar-refractivity contribution in [1.82, 2.24) is 10.1 Å². The Morgan fingerprint density at radius 2 is 1.82 bits per heavy atom. The summed E-state index contributed by atoms with van der Waals surface area (Å²) >= 11 is 0. The zero-order valence-corrected chi connectivity index (χ0v) is 12.3. The second kappa shape index (κ2) is 6.15. The summed E-state index contributed by atoms with van der Waals surface area (Å²) in [6.07, 6.45) is 0. The summed E-state index contributed by atoms with van der Waals surface area (Å²) in [7, 11) is 1.58. The molecule has 3 rings (SSSR count). The monoisotopic (exact) mass is 290 g/mol. The van der Waals surface area contributed by atoms with Gasteiger partial charge in [0.15, 0.2) is 0 Å². The molecule has 22 heavy (non-hydrogen) atoms. The van der Waals surface area contributed by atoms with Crippen molar-refractivity contribution in [3.05, 3.63) is 65.5 Å². The second-order valence-electron chi connectivity index (χ2n) is 4.64. The maximum Gasteiger partial charge on any atom is 0.214 e. The van der Waals surface area contributed by atoms with Crippen LogP contribution in [0.1, 0.15) is 17.0 Å². The third-order valence-corrected chi connectivity index (χ3v) is 3.16. The molecule has 0 unspecified atom stereocenters. The van der Waals surface area contributed by atoms with Gasteiger partial charge in [0, 0.05) is 11.6 Å². The molecule has 4 nitrogen and oxygen atoms in total. The van der Waals surface area contributed by atoms with Crippen LogP contribution in [0.3, 0.4) is 0 Å². The molecule has 3 aromatic rings. The fourth-order valence-electron chi connectivity index (χ4n) is 2.04. The van der Waals surface area contributed by atoms with Crippen LogP contribution < -0.4 is 4.74 Å². The van der Waals surface area contributed by atoms with Crippen molar-refractivity contribution in [3.63, 3.8) is 0 Å². The molecule has 0 aliphatic carbocycles. The zero-order chi connectivity index (χ0) is 15.4. The average Bonchev–Trinajstić information content (AvgIpc) is 2.95. The van der Waals surface area contributed by atoms with Gasteiger partial charge in [0.2, 0.25) is 5.88 Å². The highest BCUT2D eigenvalue weighted by atomic mass is 16.5. The number of methoxy groups -OCH3 is 1. The lowest BCUT2D eigenvalue weighted by Crippen LogP contribution is -1.89. The van der Waals surface area contributed by atoms with Crippen LogP contribution in [-0.4, -0.2) is 17.3 Å². The van der Waals surface area contributed by atoms with Crippen LogP contribution in [0, 0.1) is 18.8 Å². The summed E-state index contributed by atoms with van der Waals surface area (Å²) in [6.45, 7) is 1.85. The second-order valence-corrected chi connectivity index (χ2v) is 4.64. The average molecular weight is 290 g/mol. The topological polar surface area (TPSA) is 48.2 Å². The number of aromatic nitrogens is 2. The Kier molecular flexibility index (Phi) is 3.88. The first-order valence-electron chi connectivity index (χ1n) is 6.82. The predicted octanol–water partition coefficient (Wildman–Crippen LogP) is 3.45. The Bertz CT molecular complexity index is 842. The van der Waals surface area contributed by atoms with Crippen LogP contribution in [-0.2, 0) is 0 Å². The maximum absolute atomic E-state index is 5.29. The van der Waals surface area contributed by atoms with E-state index in [4.69, 9.17) is 9.26 Å². The molecule has 2 aromatic heterocycles. The number of rotatable bonds is 2. The number of nitrogens with zero attached hydrogens (tertiary/aromatic N) is 2. The number of aryl methyl sites for hydroxylation is 1. The van der Waals surface area contributed by atoms with E-state index in [-0.39, 0.29) is 0 Å². The molecule has 0 fully saturated rings. The lowest BCUT2D eigenvalue weighted by Gasteiger charge is -1.97. The maximum atomic E-state index is 5.29. The molecule has 0 aliphatic heterocycles. The van der Waals surface area contributed by atoms with E-state index < -0.39 is 0 Å². The normalized spacial score (nSPS) is 9.91. The molecule has 4 heteroatoms. The minimum absolute atomic E-state index is 0.539. The van der Waals surface area contributed by atoms with Crippen molar-refractivity contribution in [2.75, 3.05) is 7.11 Å². The minimum Gasteiger partial charge on any atom is -0.481 e. The van der Waals surface area contributed by atoms with E-state index in [0.717, 1.165) is 16.8 Å². The Balaban J connectivity index is 2.00. The van der Waals surface area contributed by atoms with Crippen LogP contribution in [0.4, 0.5) is 0 Å². The first-order valence-corrected chi connectivity index (χ1v) is 6.82. The summed E-state index contributed by atoms with van der Waals surface area (Å²) in [5.41, 5.74) is 3.13. The van der Waals surface area contributed by atoms with Crippen molar-refractivity contribution in [1.29, 1.82) is 0 Å². The lowest BCUT2D eigenvalue weighted by atomic mass is 10.1. The number of hydrogen-bond acceptors (Lipinski definition) is 4. The molecule has 0 radical (unpaired) electrons. The van der Waals surface area contributed by atoms with Gasteiger partial charge in [-0.25, -0.2) is 4.98 Å². The summed E-state index contributed by atoms with van der Waals surface area (Å²) in [5.74, 6) is 7.36. The summed E-state index contributed by atoms with van der Waals surface area (Å²) in [4.78, 5) is 4.28. The molecule has 2 heterocycles. The molecule has 0 saturated heterocycles. The number of benzene rings is 1. The van der Waals surface area contributed by atoms with E-state index in [9.17, 15) is 0 Å². The molecule has 0 atom stereocenters. The molecule has 0 aliphatic rings. The van der Waals surface area contributed by atoms with Gasteiger partial charge >= 0.3 is 0 Å². The molecule has 0 bridgehead atoms. The third kappa shape index (κ3) is 2.84. The van der Waals surface area contributed by atoms with E-state index in [2.05, 4.69) is 22.0 Å². The molecule has 1 aromatic carbocycles. The largest absolute Gasteiger partial charge is 0.481 e. The van der Waals surface area contributed by atoms with Crippen LogP contribution in [0.25, 0.3) is 11.3 Å². The van der Waals surface area contributed by atoms with Gasteiger partial charge in [0.1, 0.15) is 17.1 Å². The van der Waals surface area contributed by atoms with Gasteiger partial charge in [-0.3, -0.25) is 0 Å². The molecule has 108 valence electrons. The van der Waals surface area contributed by atoms with Crippen LogP contribution in [0.2, 0.25) is 0 Å². The van der Waals surface area contributed by atoms with Gasteiger partial charge < -0.3 is 9.26 Å². The molecule has 0 saturated carbocycles. The van der Waals surface area contributed by atoms with Gasteiger partial charge in [-0.05, 0) is 18.9 Å². The quantitative estimate of drug-likeness (QED) is 0.678. The van der Waals surface area contributed by atoms with E-state index in [0.29, 0.717) is 17.3 Å². The summed E-state index contributed by atoms with van der Waals surface area (Å²) < 4.78 is 10.4. The Labute approximate surface area is 128 Å². The highest BCUT2D eigenvalue weighted by Crippen LogP contribution is 2.24. The molecule has 0 spiro atoms.